The average molecular weight is 308 g/mol. The van der Waals surface area contributed by atoms with Gasteiger partial charge < -0.3 is 15.3 Å². The third kappa shape index (κ3) is 2.66. The van der Waals surface area contributed by atoms with Crippen molar-refractivity contribution in [3.63, 3.8) is 0 Å². The van der Waals surface area contributed by atoms with E-state index in [4.69, 9.17) is 0 Å². The van der Waals surface area contributed by atoms with Gasteiger partial charge in [0.15, 0.2) is 5.78 Å². The largest absolute Gasteiger partial charge is 0.393 e. The van der Waals surface area contributed by atoms with Crippen molar-refractivity contribution in [2.75, 3.05) is 0 Å². The lowest BCUT2D eigenvalue weighted by Crippen LogP contribution is -2.68. The molecule has 6 atom stereocenters. The average Bonchev–Trinajstić information content (AvgIpc) is 3.00. The molecule has 2 unspecified atom stereocenters. The summed E-state index contributed by atoms with van der Waals surface area (Å²) in [6.45, 7) is 1.83. The summed E-state index contributed by atoms with van der Waals surface area (Å²) in [6, 6.07) is 0. The first-order valence-electron chi connectivity index (χ1n) is 8.74. The summed E-state index contributed by atoms with van der Waals surface area (Å²) in [5, 5.41) is 30.9. The monoisotopic (exact) mass is 308 g/mol. The van der Waals surface area contributed by atoms with Crippen molar-refractivity contribution in [1.82, 2.24) is 0 Å². The van der Waals surface area contributed by atoms with Gasteiger partial charge in [0.2, 0.25) is 0 Å². The van der Waals surface area contributed by atoms with Crippen molar-refractivity contribution < 1.29 is 20.1 Å². The van der Waals surface area contributed by atoms with Crippen LogP contribution < -0.4 is 0 Å². The summed E-state index contributed by atoms with van der Waals surface area (Å²) in [5.74, 6) is -0.128. The zero-order valence-electron chi connectivity index (χ0n) is 13.3. The molecule has 0 amide bonds. The molecule has 0 aromatic heterocycles. The van der Waals surface area contributed by atoms with E-state index in [0.29, 0.717) is 18.8 Å². The summed E-state index contributed by atoms with van der Waals surface area (Å²) in [5.41, 5.74) is -1.25. The van der Waals surface area contributed by atoms with Crippen LogP contribution in [-0.4, -0.2) is 38.9 Å². The summed E-state index contributed by atoms with van der Waals surface area (Å²) in [4.78, 5) is 11.9. The Hall–Kier alpha value is -0.710. The molecule has 22 heavy (non-hydrogen) atoms. The minimum atomic E-state index is -1.25. The third-order valence-corrected chi connectivity index (χ3v) is 6.22. The van der Waals surface area contributed by atoms with Crippen LogP contribution >= 0.6 is 0 Å². The summed E-state index contributed by atoms with van der Waals surface area (Å²) < 4.78 is 0. The van der Waals surface area contributed by atoms with Crippen LogP contribution in [0.2, 0.25) is 0 Å². The van der Waals surface area contributed by atoms with Crippen LogP contribution in [-0.2, 0) is 4.79 Å². The Balaban J connectivity index is 1.64. The van der Waals surface area contributed by atoms with Crippen molar-refractivity contribution in [3.8, 4) is 0 Å². The number of rotatable bonds is 4. The second kappa shape index (κ2) is 6.06. The van der Waals surface area contributed by atoms with E-state index in [1.54, 1.807) is 6.08 Å². The lowest BCUT2D eigenvalue weighted by Gasteiger charge is -2.56. The number of aliphatic hydroxyl groups is 3. The van der Waals surface area contributed by atoms with Crippen LogP contribution in [0.25, 0.3) is 0 Å². The van der Waals surface area contributed by atoms with Crippen molar-refractivity contribution in [1.29, 1.82) is 0 Å². The molecule has 3 N–H and O–H groups in total. The van der Waals surface area contributed by atoms with E-state index in [0.717, 1.165) is 6.42 Å². The molecular weight excluding hydrogens is 280 g/mol. The van der Waals surface area contributed by atoms with E-state index in [9.17, 15) is 20.1 Å². The van der Waals surface area contributed by atoms with E-state index >= 15 is 0 Å². The predicted molar refractivity (Wildman–Crippen MR) is 83.1 cm³/mol. The van der Waals surface area contributed by atoms with E-state index in [-0.39, 0.29) is 23.5 Å². The van der Waals surface area contributed by atoms with Gasteiger partial charge in [0, 0.05) is 17.8 Å². The molecule has 0 spiro atoms. The van der Waals surface area contributed by atoms with Crippen molar-refractivity contribution >= 4 is 5.78 Å². The summed E-state index contributed by atoms with van der Waals surface area (Å²) >= 11 is 0. The van der Waals surface area contributed by atoms with E-state index in [1.807, 2.05) is 13.0 Å². The highest BCUT2D eigenvalue weighted by Crippen LogP contribution is 2.52. The minimum absolute atomic E-state index is 0.0886. The van der Waals surface area contributed by atoms with Gasteiger partial charge in [-0.25, -0.2) is 0 Å². The first kappa shape index (κ1) is 16.2. The quantitative estimate of drug-likeness (QED) is 0.692. The molecule has 3 aliphatic rings. The molecule has 0 radical (unpaired) electrons. The maximum Gasteiger partial charge on any atom is 0.167 e. The topological polar surface area (TPSA) is 77.8 Å². The van der Waals surface area contributed by atoms with Gasteiger partial charge in [-0.2, -0.15) is 0 Å². The molecule has 0 heterocycles. The molecule has 0 aliphatic heterocycles. The zero-order valence-corrected chi connectivity index (χ0v) is 13.3. The predicted octanol–water partition coefficient (Wildman–Crippen LogP) is 1.82. The fraction of sp³-hybridized carbons (Fsp3) is 0.833. The summed E-state index contributed by atoms with van der Waals surface area (Å²) in [6.07, 6.45) is 9.10. The van der Waals surface area contributed by atoms with Gasteiger partial charge in [0.05, 0.1) is 12.2 Å². The van der Waals surface area contributed by atoms with Crippen molar-refractivity contribution in [2.45, 2.75) is 69.7 Å². The van der Waals surface area contributed by atoms with Crippen molar-refractivity contribution in [2.24, 2.45) is 23.7 Å². The van der Waals surface area contributed by atoms with Gasteiger partial charge in [-0.05, 0) is 25.2 Å². The molecule has 3 saturated carbocycles. The van der Waals surface area contributed by atoms with Gasteiger partial charge in [-0.1, -0.05) is 44.8 Å². The molecule has 3 rings (SSSR count). The first-order chi connectivity index (χ1) is 10.4. The van der Waals surface area contributed by atoms with Crippen molar-refractivity contribution in [3.05, 3.63) is 12.2 Å². The lowest BCUT2D eigenvalue weighted by molar-refractivity contribution is -0.197. The fourth-order valence-electron chi connectivity index (χ4n) is 4.95. The Morgan fingerprint density at radius 3 is 2.68 bits per heavy atom. The van der Waals surface area contributed by atoms with Gasteiger partial charge in [-0.3, -0.25) is 4.79 Å². The van der Waals surface area contributed by atoms with Gasteiger partial charge >= 0.3 is 0 Å². The maximum atomic E-state index is 11.9. The number of hydrogen-bond donors (Lipinski definition) is 3. The van der Waals surface area contributed by atoms with E-state index in [1.165, 1.54) is 25.7 Å². The Morgan fingerprint density at radius 2 is 2.00 bits per heavy atom. The van der Waals surface area contributed by atoms with E-state index in [2.05, 4.69) is 0 Å². The lowest BCUT2D eigenvalue weighted by atomic mass is 9.50. The molecule has 4 heteroatoms. The second-order valence-corrected chi connectivity index (χ2v) is 7.62. The Labute approximate surface area is 132 Å². The molecule has 0 aromatic rings. The number of ketones is 1. The number of fused-ring (bicyclic) bond motifs is 1. The smallest absolute Gasteiger partial charge is 0.167 e. The van der Waals surface area contributed by atoms with Crippen LogP contribution in [0.15, 0.2) is 12.2 Å². The SMILES string of the molecule is CC1C(=O)C2(O)CC[C@H](O)[C@@H](/C=C/[C@@H](O)CC3CCCC3)[C@H]12. The number of carbonyl (C=O) groups excluding carboxylic acids is 1. The highest BCUT2D eigenvalue weighted by atomic mass is 16.3. The molecule has 0 saturated heterocycles. The van der Waals surface area contributed by atoms with Crippen LogP contribution in [0.4, 0.5) is 0 Å². The standard InChI is InChI=1S/C18H28O4/c1-11-16-14(15(20)8-9-18(16,22)17(11)21)7-6-13(19)10-12-4-2-3-5-12/h6-7,11-16,19-20,22H,2-5,8-10H2,1H3/b7-6+/t11?,13-,14-,15+,16+,18?/m1/s1. The Morgan fingerprint density at radius 1 is 1.32 bits per heavy atom. The molecule has 3 aliphatic carbocycles. The molecular formula is C18H28O4. The second-order valence-electron chi connectivity index (χ2n) is 7.62. The Kier molecular flexibility index (Phi) is 4.45. The Bertz CT molecular complexity index is 454. The number of carbonyl (C=O) groups is 1. The number of Topliss-reactive ketones (excluding diaryl/α,β-unsaturated/α-hetero) is 1. The molecule has 0 aromatic carbocycles. The van der Waals surface area contributed by atoms with Crippen LogP contribution in [0.1, 0.15) is 51.9 Å². The van der Waals surface area contributed by atoms with Crippen LogP contribution in [0, 0.1) is 23.7 Å². The van der Waals surface area contributed by atoms with E-state index < -0.39 is 17.8 Å². The van der Waals surface area contributed by atoms with Gasteiger partial charge in [0.1, 0.15) is 5.60 Å². The first-order valence-corrected chi connectivity index (χ1v) is 8.74. The normalized spacial score (nSPS) is 44.1. The third-order valence-electron chi connectivity index (χ3n) is 6.22. The fourth-order valence-corrected chi connectivity index (χ4v) is 4.95. The molecule has 4 nitrogen and oxygen atoms in total. The maximum absolute atomic E-state index is 11.9. The minimum Gasteiger partial charge on any atom is -0.393 e. The van der Waals surface area contributed by atoms with Crippen LogP contribution in [0.5, 0.6) is 0 Å². The number of aliphatic hydroxyl groups excluding tert-OH is 2. The zero-order chi connectivity index (χ0) is 15.9. The van der Waals surface area contributed by atoms with Gasteiger partial charge in [0.25, 0.3) is 0 Å². The van der Waals surface area contributed by atoms with Gasteiger partial charge in [-0.15, -0.1) is 0 Å². The molecule has 124 valence electrons. The summed E-state index contributed by atoms with van der Waals surface area (Å²) in [7, 11) is 0. The molecule has 3 fully saturated rings. The highest BCUT2D eigenvalue weighted by molar-refractivity contribution is 5.96. The highest BCUT2D eigenvalue weighted by Gasteiger charge is 2.63. The number of hydrogen-bond acceptors (Lipinski definition) is 4. The van der Waals surface area contributed by atoms with Crippen LogP contribution in [0.3, 0.4) is 0 Å². The molecule has 0 bridgehead atoms.